The molecule has 5 heterocycles. The van der Waals surface area contributed by atoms with Gasteiger partial charge in [0.25, 0.3) is 0 Å². The highest BCUT2D eigenvalue weighted by Crippen LogP contribution is 2.37. The molecule has 3 fully saturated rings. The zero-order valence-corrected chi connectivity index (χ0v) is 29.4. The largest absolute Gasteiger partial charge is 0.493 e. The SMILES string of the molecule is COc1cc([C@H](Cc2c(Cl)c[nH+]cc2Cl)OC(=O)c2ccc(CNC(C(=O)OC3CN4CCC3CC4)c3ccccc3)s2)ccc1OC(F)F. The van der Waals surface area contributed by atoms with E-state index in [9.17, 15) is 18.4 Å². The smallest absolute Gasteiger partial charge is 0.387 e. The minimum absolute atomic E-state index is 0.0342. The molecule has 2 unspecified atom stereocenters. The Labute approximate surface area is 302 Å². The normalized spacial score (nSPS) is 19.5. The minimum atomic E-state index is -3.05. The van der Waals surface area contributed by atoms with E-state index in [0.29, 0.717) is 38.5 Å². The number of piperidine rings is 3. The van der Waals surface area contributed by atoms with Crippen LogP contribution in [0, 0.1) is 5.92 Å². The fraction of sp³-hybridized carbons (Fsp3) is 0.361. The molecule has 2 aromatic carbocycles. The fourth-order valence-electron chi connectivity index (χ4n) is 6.38. The molecule has 3 saturated heterocycles. The molecule has 3 atom stereocenters. The second-order valence-electron chi connectivity index (χ2n) is 12.1. The van der Waals surface area contributed by atoms with Crippen LogP contribution in [0.4, 0.5) is 8.78 Å². The number of pyridine rings is 1. The Balaban J connectivity index is 1.17. The van der Waals surface area contributed by atoms with Crippen LogP contribution in [0.1, 0.15) is 56.2 Å². The number of ether oxygens (including phenoxy) is 4. The lowest BCUT2D eigenvalue weighted by Gasteiger charge is -2.44. The number of methoxy groups -OCH3 is 1. The zero-order chi connectivity index (χ0) is 35.2. The number of aromatic amines is 1. The van der Waals surface area contributed by atoms with Crippen molar-refractivity contribution in [3.63, 3.8) is 0 Å². The van der Waals surface area contributed by atoms with Crippen molar-refractivity contribution in [2.24, 2.45) is 5.92 Å². The number of hydrogen-bond acceptors (Lipinski definition) is 9. The third-order valence-corrected chi connectivity index (χ3v) is 10.7. The van der Waals surface area contributed by atoms with Gasteiger partial charge in [0.1, 0.15) is 33.2 Å². The number of thiophene rings is 1. The molecule has 7 rings (SSSR count). The maximum absolute atomic E-state index is 13.6. The maximum atomic E-state index is 13.6. The Bertz CT molecular complexity index is 1770. The Morgan fingerprint density at radius 3 is 2.40 bits per heavy atom. The van der Waals surface area contributed by atoms with Crippen LogP contribution in [-0.4, -0.2) is 56.3 Å². The van der Waals surface area contributed by atoms with E-state index in [1.807, 2.05) is 30.3 Å². The number of aromatic nitrogens is 1. The van der Waals surface area contributed by atoms with Crippen LogP contribution in [0.25, 0.3) is 0 Å². The Morgan fingerprint density at radius 2 is 1.74 bits per heavy atom. The van der Waals surface area contributed by atoms with Gasteiger partial charge in [-0.1, -0.05) is 59.6 Å². The first-order chi connectivity index (χ1) is 24.2. The monoisotopic (exact) mass is 746 g/mol. The van der Waals surface area contributed by atoms with Gasteiger partial charge >= 0.3 is 18.6 Å². The average molecular weight is 748 g/mol. The zero-order valence-electron chi connectivity index (χ0n) is 27.1. The first kappa shape index (κ1) is 36.0. The summed E-state index contributed by atoms with van der Waals surface area (Å²) in [5.41, 5.74) is 1.75. The molecule has 0 radical (unpaired) electrons. The molecule has 4 aromatic rings. The van der Waals surface area contributed by atoms with Crippen molar-refractivity contribution in [3.8, 4) is 11.5 Å². The summed E-state index contributed by atoms with van der Waals surface area (Å²) in [7, 11) is 1.32. The van der Waals surface area contributed by atoms with E-state index in [4.69, 9.17) is 37.4 Å². The maximum Gasteiger partial charge on any atom is 0.387 e. The Kier molecular flexibility index (Phi) is 11.9. The molecular formula is C36H36Cl2F2N3O6S+. The highest BCUT2D eigenvalue weighted by Gasteiger charge is 2.38. The van der Waals surface area contributed by atoms with E-state index < -0.39 is 24.7 Å². The molecule has 2 N–H and O–H groups in total. The van der Waals surface area contributed by atoms with E-state index in [0.717, 1.165) is 42.9 Å². The van der Waals surface area contributed by atoms with Gasteiger partial charge < -0.3 is 18.9 Å². The third kappa shape index (κ3) is 8.73. The van der Waals surface area contributed by atoms with Gasteiger partial charge in [0.05, 0.1) is 7.11 Å². The Morgan fingerprint density at radius 1 is 1.00 bits per heavy atom. The number of hydrogen-bond donors (Lipinski definition) is 1. The van der Waals surface area contributed by atoms with Gasteiger partial charge in [0.2, 0.25) is 0 Å². The predicted molar refractivity (Wildman–Crippen MR) is 184 cm³/mol. The molecule has 264 valence electrons. The summed E-state index contributed by atoms with van der Waals surface area (Å²) in [6.45, 7) is 0.0999. The van der Waals surface area contributed by atoms with Crippen molar-refractivity contribution >= 4 is 46.5 Å². The number of alkyl halides is 2. The number of rotatable bonds is 14. The quantitative estimate of drug-likeness (QED) is 0.137. The molecule has 0 aliphatic carbocycles. The summed E-state index contributed by atoms with van der Waals surface area (Å²) >= 11 is 14.1. The van der Waals surface area contributed by atoms with Crippen molar-refractivity contribution in [2.75, 3.05) is 26.7 Å². The number of nitrogens with one attached hydrogen (secondary N) is 2. The molecule has 3 aliphatic rings. The van der Waals surface area contributed by atoms with Gasteiger partial charge in [-0.3, -0.25) is 10.2 Å². The number of benzene rings is 2. The summed E-state index contributed by atoms with van der Waals surface area (Å²) < 4.78 is 47.9. The standard InChI is InChI=1S/C36H35Cl2F2N3O6S/c1-46-30-15-23(7-9-28(30)49-36(39)40)29(16-25-26(37)18-41-19-27(25)38)47-34(44)32-10-8-24(50-32)17-42-33(22-5-3-2-4-6-22)35(45)48-31-20-43-13-11-21(31)12-14-43/h2-10,15,18-19,21,29,31,33,36,42H,11-14,16-17,20H2,1H3/p+1/t29-,31?,33?/m0/s1. The molecule has 2 aromatic heterocycles. The lowest BCUT2D eigenvalue weighted by atomic mass is 9.86. The molecule has 0 spiro atoms. The van der Waals surface area contributed by atoms with Crippen LogP contribution < -0.4 is 19.8 Å². The van der Waals surface area contributed by atoms with Crippen molar-refractivity contribution in [1.82, 2.24) is 10.2 Å². The van der Waals surface area contributed by atoms with Crippen LogP contribution in [0.2, 0.25) is 10.0 Å². The van der Waals surface area contributed by atoms with Crippen LogP contribution >= 0.6 is 34.5 Å². The van der Waals surface area contributed by atoms with E-state index in [-0.39, 0.29) is 30.0 Å². The van der Waals surface area contributed by atoms with Gasteiger partial charge in [-0.15, -0.1) is 11.3 Å². The fourth-order valence-corrected chi connectivity index (χ4v) is 7.75. The van der Waals surface area contributed by atoms with Crippen molar-refractivity contribution in [1.29, 1.82) is 0 Å². The van der Waals surface area contributed by atoms with Crippen molar-refractivity contribution in [3.05, 3.63) is 110 Å². The number of fused-ring (bicyclic) bond motifs is 3. The number of nitrogens with zero attached hydrogens (tertiary/aromatic N) is 1. The first-order valence-corrected chi connectivity index (χ1v) is 17.7. The van der Waals surface area contributed by atoms with Gasteiger partial charge in [-0.05, 0) is 67.2 Å². The van der Waals surface area contributed by atoms with E-state index in [1.54, 1.807) is 24.5 Å². The molecule has 2 bridgehead atoms. The molecule has 3 aliphatic heterocycles. The highest BCUT2D eigenvalue weighted by molar-refractivity contribution is 7.13. The van der Waals surface area contributed by atoms with Crippen molar-refractivity contribution < 1.29 is 42.3 Å². The predicted octanol–water partition coefficient (Wildman–Crippen LogP) is 7.09. The first-order valence-electron chi connectivity index (χ1n) is 16.2. The molecule has 9 nitrogen and oxygen atoms in total. The summed E-state index contributed by atoms with van der Waals surface area (Å²) in [4.78, 5) is 33.4. The summed E-state index contributed by atoms with van der Waals surface area (Å²) in [5.74, 6) is -0.697. The summed E-state index contributed by atoms with van der Waals surface area (Å²) in [5, 5.41) is 3.99. The number of halogens is 4. The van der Waals surface area contributed by atoms with Crippen LogP contribution in [-0.2, 0) is 27.2 Å². The molecule has 0 saturated carbocycles. The highest BCUT2D eigenvalue weighted by atomic mass is 35.5. The van der Waals surface area contributed by atoms with Gasteiger partial charge in [-0.25, -0.2) is 14.6 Å². The second kappa shape index (κ2) is 16.5. The lowest BCUT2D eigenvalue weighted by Crippen LogP contribution is -2.52. The summed E-state index contributed by atoms with van der Waals surface area (Å²) in [6.07, 6.45) is 4.20. The van der Waals surface area contributed by atoms with Crippen LogP contribution in [0.15, 0.2) is 73.1 Å². The van der Waals surface area contributed by atoms with Gasteiger partial charge in [0, 0.05) is 30.0 Å². The molecule has 14 heteroatoms. The number of H-pyrrole nitrogens is 1. The van der Waals surface area contributed by atoms with Gasteiger partial charge in [-0.2, -0.15) is 8.78 Å². The average Bonchev–Trinajstić information content (AvgIpc) is 3.60. The molecule has 50 heavy (non-hydrogen) atoms. The topological polar surface area (TPSA) is 100 Å². The van der Waals surface area contributed by atoms with Gasteiger partial charge in [0.15, 0.2) is 23.9 Å². The minimum Gasteiger partial charge on any atom is -0.493 e. The summed E-state index contributed by atoms with van der Waals surface area (Å²) in [6, 6.07) is 16.5. The van der Waals surface area contributed by atoms with E-state index in [2.05, 4.69) is 19.9 Å². The van der Waals surface area contributed by atoms with Crippen LogP contribution in [0.5, 0.6) is 11.5 Å². The number of carbonyl (C=O) groups excluding carboxylic acids is 2. The third-order valence-electron chi connectivity index (χ3n) is 8.99. The number of carbonyl (C=O) groups is 2. The number of esters is 2. The molecular weight excluding hydrogens is 711 g/mol. The van der Waals surface area contributed by atoms with E-state index in [1.165, 1.54) is 36.6 Å². The Hall–Kier alpha value is -3.81. The van der Waals surface area contributed by atoms with E-state index >= 15 is 0 Å². The second-order valence-corrected chi connectivity index (χ2v) is 14.1. The van der Waals surface area contributed by atoms with Crippen molar-refractivity contribution in [2.45, 2.75) is 50.7 Å². The van der Waals surface area contributed by atoms with Crippen LogP contribution in [0.3, 0.4) is 0 Å². The lowest BCUT2D eigenvalue weighted by molar-refractivity contribution is -0.377. The molecule has 0 amide bonds.